The van der Waals surface area contributed by atoms with Crippen LogP contribution in [0.2, 0.25) is 0 Å². The van der Waals surface area contributed by atoms with Crippen LogP contribution in [0.4, 0.5) is 0 Å². The van der Waals surface area contributed by atoms with Gasteiger partial charge >= 0.3 is 0 Å². The van der Waals surface area contributed by atoms with Gasteiger partial charge in [0.2, 0.25) is 0 Å². The summed E-state index contributed by atoms with van der Waals surface area (Å²) in [7, 11) is 0. The minimum absolute atomic E-state index is 1.02. The molecule has 0 bridgehead atoms. The number of hydrogen-bond acceptors (Lipinski definition) is 1. The largest absolute Gasteiger partial charge is 0.143 e. The van der Waals surface area contributed by atoms with Gasteiger partial charge in [-0.2, -0.15) is 0 Å². The zero-order valence-corrected chi connectivity index (χ0v) is 10.3. The first kappa shape index (κ1) is 11.7. The van der Waals surface area contributed by atoms with Crippen LogP contribution in [0.15, 0.2) is 83.8 Å². The Bertz CT molecular complexity index is 508. The van der Waals surface area contributed by atoms with Crippen molar-refractivity contribution in [2.75, 3.05) is 0 Å². The predicted molar refractivity (Wildman–Crippen MR) is 77.6 cm³/mol. The van der Waals surface area contributed by atoms with Crippen molar-refractivity contribution in [1.82, 2.24) is 0 Å². The van der Waals surface area contributed by atoms with Crippen molar-refractivity contribution < 1.29 is 0 Å². The van der Waals surface area contributed by atoms with Gasteiger partial charge in [0.1, 0.15) is 0 Å². The molecule has 0 saturated heterocycles. The molecule has 17 heavy (non-hydrogen) atoms. The molecular formula is C16H14S. The third-order valence-corrected chi connectivity index (χ3v) is 2.71. The summed E-state index contributed by atoms with van der Waals surface area (Å²) in [6.45, 7) is 0. The molecule has 1 heteroatoms. The van der Waals surface area contributed by atoms with Crippen molar-refractivity contribution in [3.8, 4) is 0 Å². The zero-order chi connectivity index (χ0) is 11.9. The number of benzene rings is 3. The van der Waals surface area contributed by atoms with Crippen LogP contribution >= 0.6 is 12.6 Å². The van der Waals surface area contributed by atoms with Crippen LogP contribution in [0.1, 0.15) is 0 Å². The Morgan fingerprint density at radius 1 is 0.471 bits per heavy atom. The Morgan fingerprint density at radius 2 is 0.824 bits per heavy atom. The summed E-state index contributed by atoms with van der Waals surface area (Å²) in [5.74, 6) is 0. The Balaban J connectivity index is 0.000000136. The molecule has 0 unspecified atom stereocenters. The molecular weight excluding hydrogens is 224 g/mol. The summed E-state index contributed by atoms with van der Waals surface area (Å²) in [6.07, 6.45) is 0. The summed E-state index contributed by atoms with van der Waals surface area (Å²) < 4.78 is 0. The topological polar surface area (TPSA) is 0 Å². The highest BCUT2D eigenvalue weighted by Gasteiger charge is 1.85. The molecule has 0 heterocycles. The highest BCUT2D eigenvalue weighted by molar-refractivity contribution is 7.80. The number of rotatable bonds is 0. The van der Waals surface area contributed by atoms with Gasteiger partial charge in [0.25, 0.3) is 0 Å². The third-order valence-electron chi connectivity index (χ3n) is 2.41. The Labute approximate surface area is 107 Å². The van der Waals surface area contributed by atoms with E-state index in [2.05, 4.69) is 61.2 Å². The minimum atomic E-state index is 1.02. The minimum Gasteiger partial charge on any atom is -0.143 e. The molecule has 3 aromatic carbocycles. The van der Waals surface area contributed by atoms with E-state index in [9.17, 15) is 0 Å². The summed E-state index contributed by atoms with van der Waals surface area (Å²) in [4.78, 5) is 1.02. The van der Waals surface area contributed by atoms with Crippen molar-refractivity contribution in [1.29, 1.82) is 0 Å². The van der Waals surface area contributed by atoms with Crippen LogP contribution in [0.5, 0.6) is 0 Å². The molecule has 0 aliphatic carbocycles. The Morgan fingerprint density at radius 3 is 1.12 bits per heavy atom. The molecule has 0 radical (unpaired) electrons. The van der Waals surface area contributed by atoms with Gasteiger partial charge < -0.3 is 0 Å². The Kier molecular flexibility index (Phi) is 4.23. The van der Waals surface area contributed by atoms with Crippen LogP contribution in [0.3, 0.4) is 0 Å². The predicted octanol–water partition coefficient (Wildman–Crippen LogP) is 4.82. The van der Waals surface area contributed by atoms with Crippen molar-refractivity contribution in [3.63, 3.8) is 0 Å². The maximum absolute atomic E-state index is 4.08. The van der Waals surface area contributed by atoms with Gasteiger partial charge in [-0.25, -0.2) is 0 Å². The van der Waals surface area contributed by atoms with Gasteiger partial charge in [-0.05, 0) is 22.9 Å². The second kappa shape index (κ2) is 6.12. The van der Waals surface area contributed by atoms with E-state index < -0.39 is 0 Å². The lowest BCUT2D eigenvalue weighted by atomic mass is 10.1. The maximum Gasteiger partial charge on any atom is 0.00399 e. The summed E-state index contributed by atoms with van der Waals surface area (Å²) >= 11 is 4.08. The lowest BCUT2D eigenvalue weighted by molar-refractivity contribution is 1.48. The lowest BCUT2D eigenvalue weighted by Crippen LogP contribution is -1.67. The van der Waals surface area contributed by atoms with Crippen LogP contribution in [0, 0.1) is 0 Å². The third kappa shape index (κ3) is 3.65. The summed E-state index contributed by atoms with van der Waals surface area (Å²) in [6, 6.07) is 26.5. The van der Waals surface area contributed by atoms with Crippen LogP contribution in [0.25, 0.3) is 10.8 Å². The van der Waals surface area contributed by atoms with Crippen molar-refractivity contribution in [2.45, 2.75) is 4.90 Å². The highest BCUT2D eigenvalue weighted by atomic mass is 32.1. The first-order valence-electron chi connectivity index (χ1n) is 5.54. The smallest absolute Gasteiger partial charge is 0.00399 e. The zero-order valence-electron chi connectivity index (χ0n) is 9.45. The molecule has 0 atom stereocenters. The van der Waals surface area contributed by atoms with E-state index in [-0.39, 0.29) is 0 Å². The number of thiol groups is 1. The van der Waals surface area contributed by atoms with Gasteiger partial charge in [0.05, 0.1) is 0 Å². The molecule has 0 aromatic heterocycles. The highest BCUT2D eigenvalue weighted by Crippen LogP contribution is 2.11. The number of hydrogen-bond donors (Lipinski definition) is 1. The average molecular weight is 238 g/mol. The monoisotopic (exact) mass is 238 g/mol. The first-order chi connectivity index (χ1) is 8.36. The van der Waals surface area contributed by atoms with Gasteiger partial charge in [-0.15, -0.1) is 12.6 Å². The van der Waals surface area contributed by atoms with E-state index in [4.69, 9.17) is 0 Å². The molecule has 0 saturated carbocycles. The van der Waals surface area contributed by atoms with Crippen molar-refractivity contribution in [3.05, 3.63) is 78.9 Å². The van der Waals surface area contributed by atoms with E-state index in [1.165, 1.54) is 10.8 Å². The fourth-order valence-electron chi connectivity index (χ4n) is 1.56. The standard InChI is InChI=1S/C10H8.C6H6S/c1-2-6-10-8-4-3-7-9(10)5-1;7-6-4-2-1-3-5-6/h1-8H;1-5,7H. The molecule has 3 aromatic rings. The van der Waals surface area contributed by atoms with Gasteiger partial charge in [-0.1, -0.05) is 66.7 Å². The quantitative estimate of drug-likeness (QED) is 0.534. The summed E-state index contributed by atoms with van der Waals surface area (Å²) in [5.41, 5.74) is 0. The lowest BCUT2D eigenvalue weighted by Gasteiger charge is -1.92. The molecule has 0 spiro atoms. The van der Waals surface area contributed by atoms with Crippen LogP contribution < -0.4 is 0 Å². The molecule has 3 rings (SSSR count). The van der Waals surface area contributed by atoms with E-state index >= 15 is 0 Å². The van der Waals surface area contributed by atoms with Gasteiger partial charge in [0, 0.05) is 4.90 Å². The first-order valence-corrected chi connectivity index (χ1v) is 5.99. The molecule has 0 nitrogen and oxygen atoms in total. The molecule has 0 amide bonds. The van der Waals surface area contributed by atoms with Gasteiger partial charge in [-0.3, -0.25) is 0 Å². The van der Waals surface area contributed by atoms with E-state index in [1.54, 1.807) is 0 Å². The van der Waals surface area contributed by atoms with E-state index in [0.29, 0.717) is 0 Å². The molecule has 0 fully saturated rings. The van der Waals surface area contributed by atoms with Crippen LogP contribution in [-0.4, -0.2) is 0 Å². The van der Waals surface area contributed by atoms with E-state index in [1.807, 2.05) is 30.3 Å². The SMILES string of the molecule is Sc1ccccc1.c1ccc2ccccc2c1. The fourth-order valence-corrected chi connectivity index (χ4v) is 1.73. The maximum atomic E-state index is 4.08. The number of fused-ring (bicyclic) bond motifs is 1. The summed E-state index contributed by atoms with van der Waals surface area (Å²) in [5, 5.41) is 2.62. The van der Waals surface area contributed by atoms with Crippen molar-refractivity contribution >= 4 is 23.4 Å². The normalized spacial score (nSPS) is 9.47. The second-order valence-electron chi connectivity index (χ2n) is 3.68. The second-order valence-corrected chi connectivity index (χ2v) is 4.20. The average Bonchev–Trinajstić information content (AvgIpc) is 2.41. The Hall–Kier alpha value is -1.73. The van der Waals surface area contributed by atoms with Crippen LogP contribution in [-0.2, 0) is 0 Å². The molecule has 0 aliphatic heterocycles. The van der Waals surface area contributed by atoms with E-state index in [0.717, 1.165) is 4.90 Å². The molecule has 0 aliphatic rings. The molecule has 84 valence electrons. The molecule has 0 N–H and O–H groups in total. The van der Waals surface area contributed by atoms with Gasteiger partial charge in [0.15, 0.2) is 0 Å². The fraction of sp³-hybridized carbons (Fsp3) is 0. The van der Waals surface area contributed by atoms with Crippen molar-refractivity contribution in [2.24, 2.45) is 0 Å².